The fourth-order valence-corrected chi connectivity index (χ4v) is 4.54. The second-order valence-electron chi connectivity index (χ2n) is 5.88. The van der Waals surface area contributed by atoms with Crippen LogP contribution in [-0.2, 0) is 10.0 Å². The summed E-state index contributed by atoms with van der Waals surface area (Å²) in [6.07, 6.45) is 6.48. The van der Waals surface area contributed by atoms with Crippen molar-refractivity contribution in [1.29, 1.82) is 0 Å². The molecule has 1 saturated heterocycles. The van der Waals surface area contributed by atoms with E-state index in [0.717, 1.165) is 44.7 Å². The zero-order valence-corrected chi connectivity index (χ0v) is 12.1. The van der Waals surface area contributed by atoms with Gasteiger partial charge in [0.15, 0.2) is 0 Å². The Morgan fingerprint density at radius 1 is 1.17 bits per heavy atom. The highest BCUT2D eigenvalue weighted by molar-refractivity contribution is 7.89. The molecule has 0 aromatic rings. The Balaban J connectivity index is 1.80. The third kappa shape index (κ3) is 4.86. The normalized spacial score (nSPS) is 24.1. The minimum absolute atomic E-state index is 0.157. The van der Waals surface area contributed by atoms with Crippen LogP contribution in [0.2, 0.25) is 0 Å². The van der Waals surface area contributed by atoms with Gasteiger partial charge < -0.3 is 5.32 Å². The average molecular weight is 274 g/mol. The number of piperidine rings is 1. The van der Waals surface area contributed by atoms with Gasteiger partial charge in [-0.3, -0.25) is 0 Å². The van der Waals surface area contributed by atoms with Crippen molar-refractivity contribution in [3.8, 4) is 0 Å². The molecule has 1 heterocycles. The van der Waals surface area contributed by atoms with Gasteiger partial charge in [0.2, 0.25) is 10.0 Å². The molecule has 5 heteroatoms. The van der Waals surface area contributed by atoms with Crippen molar-refractivity contribution in [1.82, 2.24) is 10.0 Å². The lowest BCUT2D eigenvalue weighted by atomic mass is 10.0. The zero-order chi connectivity index (χ0) is 13.0. The SMILES string of the molecule is CCC(CC1CC1)NS(=O)(=O)CC1CCNCC1. The fraction of sp³-hybridized carbons (Fsp3) is 1.00. The summed E-state index contributed by atoms with van der Waals surface area (Å²) >= 11 is 0. The van der Waals surface area contributed by atoms with E-state index in [1.54, 1.807) is 0 Å². The lowest BCUT2D eigenvalue weighted by molar-refractivity contribution is 0.397. The number of hydrogen-bond donors (Lipinski definition) is 2. The Kier molecular flexibility index (Phi) is 5.04. The van der Waals surface area contributed by atoms with Crippen molar-refractivity contribution in [2.45, 2.75) is 51.5 Å². The zero-order valence-electron chi connectivity index (χ0n) is 11.3. The molecule has 4 nitrogen and oxygen atoms in total. The molecule has 1 aliphatic carbocycles. The van der Waals surface area contributed by atoms with Gasteiger partial charge in [-0.2, -0.15) is 0 Å². The van der Waals surface area contributed by atoms with Gasteiger partial charge in [0, 0.05) is 6.04 Å². The van der Waals surface area contributed by atoms with Crippen LogP contribution in [0.4, 0.5) is 0 Å². The molecule has 1 aliphatic heterocycles. The molecule has 1 atom stereocenters. The van der Waals surface area contributed by atoms with Crippen molar-refractivity contribution in [3.63, 3.8) is 0 Å². The maximum atomic E-state index is 12.1. The highest BCUT2D eigenvalue weighted by Crippen LogP contribution is 2.34. The van der Waals surface area contributed by atoms with Crippen LogP contribution in [-0.4, -0.2) is 33.3 Å². The third-order valence-electron chi connectivity index (χ3n) is 4.07. The molecule has 1 saturated carbocycles. The van der Waals surface area contributed by atoms with Crippen molar-refractivity contribution in [2.75, 3.05) is 18.8 Å². The van der Waals surface area contributed by atoms with E-state index in [4.69, 9.17) is 0 Å². The first-order valence-corrected chi connectivity index (χ1v) is 8.95. The average Bonchev–Trinajstić information content (AvgIpc) is 3.12. The van der Waals surface area contributed by atoms with Crippen LogP contribution in [0, 0.1) is 11.8 Å². The van der Waals surface area contributed by atoms with E-state index >= 15 is 0 Å². The van der Waals surface area contributed by atoms with Crippen molar-refractivity contribution in [2.24, 2.45) is 11.8 Å². The Labute approximate surface area is 111 Å². The third-order valence-corrected chi connectivity index (χ3v) is 5.67. The molecule has 0 amide bonds. The Hall–Kier alpha value is -0.130. The largest absolute Gasteiger partial charge is 0.317 e. The van der Waals surface area contributed by atoms with Crippen LogP contribution >= 0.6 is 0 Å². The second kappa shape index (κ2) is 6.35. The first kappa shape index (κ1) is 14.3. The van der Waals surface area contributed by atoms with Gasteiger partial charge in [-0.1, -0.05) is 19.8 Å². The number of rotatable bonds is 7. The van der Waals surface area contributed by atoms with Gasteiger partial charge in [-0.15, -0.1) is 0 Å². The summed E-state index contributed by atoms with van der Waals surface area (Å²) in [6.45, 7) is 3.99. The summed E-state index contributed by atoms with van der Waals surface area (Å²) in [5.74, 6) is 1.43. The molecule has 0 radical (unpaired) electrons. The first-order chi connectivity index (χ1) is 8.59. The maximum Gasteiger partial charge on any atom is 0.212 e. The molecule has 0 aromatic carbocycles. The number of sulfonamides is 1. The van der Waals surface area contributed by atoms with E-state index in [1.165, 1.54) is 12.8 Å². The molecule has 2 rings (SSSR count). The quantitative estimate of drug-likeness (QED) is 0.739. The molecular weight excluding hydrogens is 248 g/mol. The van der Waals surface area contributed by atoms with Gasteiger partial charge in [0.25, 0.3) is 0 Å². The van der Waals surface area contributed by atoms with Crippen molar-refractivity contribution >= 4 is 10.0 Å². The van der Waals surface area contributed by atoms with E-state index in [-0.39, 0.29) is 6.04 Å². The highest BCUT2D eigenvalue weighted by atomic mass is 32.2. The number of nitrogens with one attached hydrogen (secondary N) is 2. The first-order valence-electron chi connectivity index (χ1n) is 7.30. The summed E-state index contributed by atoms with van der Waals surface area (Å²) in [6, 6.07) is 0.157. The van der Waals surface area contributed by atoms with Crippen LogP contribution < -0.4 is 10.0 Å². The summed E-state index contributed by atoms with van der Waals surface area (Å²) in [7, 11) is -3.09. The molecule has 18 heavy (non-hydrogen) atoms. The molecule has 0 bridgehead atoms. The summed E-state index contributed by atoms with van der Waals surface area (Å²) in [5, 5.41) is 3.27. The van der Waals surface area contributed by atoms with Gasteiger partial charge in [-0.25, -0.2) is 13.1 Å². The summed E-state index contributed by atoms with van der Waals surface area (Å²) in [5.41, 5.74) is 0. The molecule has 2 fully saturated rings. The molecule has 0 spiro atoms. The van der Waals surface area contributed by atoms with E-state index in [9.17, 15) is 8.42 Å². The lowest BCUT2D eigenvalue weighted by Crippen LogP contribution is -2.40. The summed E-state index contributed by atoms with van der Waals surface area (Å²) < 4.78 is 27.2. The van der Waals surface area contributed by atoms with Crippen LogP contribution in [0.3, 0.4) is 0 Å². The van der Waals surface area contributed by atoms with E-state index in [0.29, 0.717) is 11.7 Å². The topological polar surface area (TPSA) is 58.2 Å². The Morgan fingerprint density at radius 2 is 1.83 bits per heavy atom. The molecule has 2 N–H and O–H groups in total. The highest BCUT2D eigenvalue weighted by Gasteiger charge is 2.28. The molecule has 106 valence electrons. The lowest BCUT2D eigenvalue weighted by Gasteiger charge is -2.24. The molecular formula is C13H26N2O2S. The summed E-state index contributed by atoms with van der Waals surface area (Å²) in [4.78, 5) is 0. The van der Waals surface area contributed by atoms with Gasteiger partial charge in [0.05, 0.1) is 5.75 Å². The fourth-order valence-electron chi connectivity index (χ4n) is 2.71. The molecule has 1 unspecified atom stereocenters. The van der Waals surface area contributed by atoms with Gasteiger partial charge in [0.1, 0.15) is 0 Å². The number of hydrogen-bond acceptors (Lipinski definition) is 3. The van der Waals surface area contributed by atoms with Crippen LogP contribution in [0.15, 0.2) is 0 Å². The second-order valence-corrected chi connectivity index (χ2v) is 7.68. The smallest absolute Gasteiger partial charge is 0.212 e. The van der Waals surface area contributed by atoms with Crippen molar-refractivity contribution < 1.29 is 8.42 Å². The Morgan fingerprint density at radius 3 is 2.39 bits per heavy atom. The Bertz CT molecular complexity index is 346. The predicted octanol–water partition coefficient (Wildman–Crippen LogP) is 1.48. The van der Waals surface area contributed by atoms with Crippen LogP contribution in [0.1, 0.15) is 45.4 Å². The minimum atomic E-state index is -3.09. The van der Waals surface area contributed by atoms with E-state index in [2.05, 4.69) is 17.0 Å². The van der Waals surface area contributed by atoms with E-state index < -0.39 is 10.0 Å². The predicted molar refractivity (Wildman–Crippen MR) is 73.9 cm³/mol. The monoisotopic (exact) mass is 274 g/mol. The van der Waals surface area contributed by atoms with Gasteiger partial charge >= 0.3 is 0 Å². The molecule has 0 aromatic heterocycles. The van der Waals surface area contributed by atoms with Gasteiger partial charge in [-0.05, 0) is 50.6 Å². The molecule has 2 aliphatic rings. The standard InChI is InChI=1S/C13H26N2O2S/c1-2-13(9-11-3-4-11)15-18(16,17)10-12-5-7-14-8-6-12/h11-15H,2-10H2,1H3. The van der Waals surface area contributed by atoms with Crippen LogP contribution in [0.5, 0.6) is 0 Å². The maximum absolute atomic E-state index is 12.1. The van der Waals surface area contributed by atoms with E-state index in [1.807, 2.05) is 0 Å². The van der Waals surface area contributed by atoms with Crippen molar-refractivity contribution in [3.05, 3.63) is 0 Å². The minimum Gasteiger partial charge on any atom is -0.317 e. The van der Waals surface area contributed by atoms with Crippen LogP contribution in [0.25, 0.3) is 0 Å².